The lowest BCUT2D eigenvalue weighted by molar-refractivity contribution is -0.142. The highest BCUT2D eigenvalue weighted by atomic mass is 35.5. The summed E-state index contributed by atoms with van der Waals surface area (Å²) < 4.78 is 51.4. The first-order valence-electron chi connectivity index (χ1n) is 21.1. The maximum absolute atomic E-state index is 15.0. The predicted molar refractivity (Wildman–Crippen MR) is 233 cm³/mol. The Labute approximate surface area is 367 Å². The summed E-state index contributed by atoms with van der Waals surface area (Å²) in [4.78, 5) is 63.3. The molecule has 2 aromatic carbocycles. The van der Waals surface area contributed by atoms with Gasteiger partial charge in [0.25, 0.3) is 5.91 Å². The SMILES string of the molecule is COc1ccc2c(O[C@@H]3C[C@H]4C(=O)N[C@]5(C(=O)NS(=O)(=O)C6CC6)C[C@H]5/C=C\CC[C@H](C)C[C@@H](C)[C@H](NC(=O)OC(C)(C)C)C(=O)N4C3)nc(-c3ccc(OC)c(Cl)c3)cc2c1. The predicted octanol–water partition coefficient (Wildman–Crippen LogP) is 6.31. The van der Waals surface area contributed by atoms with Gasteiger partial charge >= 0.3 is 6.09 Å². The molecule has 3 heterocycles. The molecule has 3 aromatic rings. The molecule has 3 fully saturated rings. The van der Waals surface area contributed by atoms with Gasteiger partial charge in [-0.15, -0.1) is 0 Å². The number of nitrogens with zero attached hydrogens (tertiary/aromatic N) is 2. The Morgan fingerprint density at radius 1 is 1.00 bits per heavy atom. The third kappa shape index (κ3) is 9.91. The molecule has 0 spiro atoms. The fraction of sp³-hybridized carbons (Fsp3) is 0.533. The summed E-state index contributed by atoms with van der Waals surface area (Å²) in [5, 5.41) is 6.84. The van der Waals surface area contributed by atoms with Gasteiger partial charge in [0.2, 0.25) is 27.7 Å². The molecule has 1 aromatic heterocycles. The van der Waals surface area contributed by atoms with Crippen molar-refractivity contribution in [2.45, 2.75) is 114 Å². The van der Waals surface area contributed by atoms with Crippen LogP contribution in [0.25, 0.3) is 22.0 Å². The van der Waals surface area contributed by atoms with E-state index in [1.807, 2.05) is 43.3 Å². The summed E-state index contributed by atoms with van der Waals surface area (Å²) in [6.45, 7) is 9.06. The van der Waals surface area contributed by atoms with Crippen molar-refractivity contribution < 1.29 is 46.5 Å². The molecule has 0 radical (unpaired) electrons. The Bertz CT molecular complexity index is 2380. The minimum Gasteiger partial charge on any atom is -0.497 e. The second-order valence-electron chi connectivity index (χ2n) is 18.1. The molecule has 4 amide bonds. The molecule has 4 aliphatic rings. The zero-order valence-electron chi connectivity index (χ0n) is 36.2. The number of pyridine rings is 1. The van der Waals surface area contributed by atoms with Gasteiger partial charge in [0.15, 0.2) is 0 Å². The maximum Gasteiger partial charge on any atom is 0.408 e. The number of benzene rings is 2. The summed E-state index contributed by atoms with van der Waals surface area (Å²) >= 11 is 6.53. The van der Waals surface area contributed by atoms with Gasteiger partial charge in [0.05, 0.1) is 36.7 Å². The first-order valence-corrected chi connectivity index (χ1v) is 23.1. The monoisotopic (exact) mass is 893 g/mol. The molecule has 2 saturated carbocycles. The molecule has 7 rings (SSSR count). The molecule has 15 nitrogen and oxygen atoms in total. The summed E-state index contributed by atoms with van der Waals surface area (Å²) in [6.07, 6.45) is 5.29. The van der Waals surface area contributed by atoms with E-state index in [2.05, 4.69) is 22.3 Å². The molecular formula is C45H56ClN5O10S. The van der Waals surface area contributed by atoms with Crippen LogP contribution in [-0.2, 0) is 29.1 Å². The number of hydrogen-bond donors (Lipinski definition) is 3. The van der Waals surface area contributed by atoms with Crippen LogP contribution in [-0.4, -0.2) is 97.5 Å². The van der Waals surface area contributed by atoms with Crippen molar-refractivity contribution in [2.24, 2.45) is 17.8 Å². The number of amides is 4. The molecule has 0 bridgehead atoms. The molecular weight excluding hydrogens is 838 g/mol. The number of halogens is 1. The summed E-state index contributed by atoms with van der Waals surface area (Å²) in [7, 11) is -0.843. The van der Waals surface area contributed by atoms with Crippen LogP contribution in [0.5, 0.6) is 17.4 Å². The number of ether oxygens (including phenoxy) is 4. The van der Waals surface area contributed by atoms with E-state index in [1.165, 1.54) is 12.0 Å². The van der Waals surface area contributed by atoms with Crippen molar-refractivity contribution >= 4 is 56.2 Å². The summed E-state index contributed by atoms with van der Waals surface area (Å²) in [5.41, 5.74) is -1.20. The molecule has 62 heavy (non-hydrogen) atoms. The van der Waals surface area contributed by atoms with Crippen LogP contribution in [0.1, 0.15) is 79.6 Å². The van der Waals surface area contributed by atoms with Gasteiger partial charge in [-0.05, 0) is 119 Å². The molecule has 17 heteroatoms. The van der Waals surface area contributed by atoms with Gasteiger partial charge in [0, 0.05) is 23.3 Å². The number of carbonyl (C=O) groups is 4. The second kappa shape index (κ2) is 17.6. The van der Waals surface area contributed by atoms with Gasteiger partial charge in [0.1, 0.15) is 40.8 Å². The Kier molecular flexibility index (Phi) is 12.7. The van der Waals surface area contributed by atoms with Gasteiger partial charge in [-0.3, -0.25) is 19.1 Å². The van der Waals surface area contributed by atoms with Crippen molar-refractivity contribution in [3.05, 3.63) is 59.6 Å². The van der Waals surface area contributed by atoms with E-state index in [-0.39, 0.29) is 37.1 Å². The lowest BCUT2D eigenvalue weighted by atomic mass is 9.88. The third-order valence-electron chi connectivity index (χ3n) is 12.0. The molecule has 2 aliphatic carbocycles. The topological polar surface area (TPSA) is 192 Å². The molecule has 1 saturated heterocycles. The van der Waals surface area contributed by atoms with E-state index in [1.54, 1.807) is 46.1 Å². The fourth-order valence-electron chi connectivity index (χ4n) is 8.48. The number of nitrogens with one attached hydrogen (secondary N) is 3. The first kappa shape index (κ1) is 44.9. The van der Waals surface area contributed by atoms with Crippen molar-refractivity contribution in [3.63, 3.8) is 0 Å². The normalized spacial score (nSPS) is 27.4. The zero-order valence-corrected chi connectivity index (χ0v) is 37.7. The van der Waals surface area contributed by atoms with Crippen molar-refractivity contribution in [1.29, 1.82) is 0 Å². The van der Waals surface area contributed by atoms with Crippen molar-refractivity contribution in [2.75, 3.05) is 20.8 Å². The summed E-state index contributed by atoms with van der Waals surface area (Å²) in [6, 6.07) is 10.3. The average molecular weight is 894 g/mol. The largest absolute Gasteiger partial charge is 0.497 e. The molecule has 334 valence electrons. The van der Waals surface area contributed by atoms with Crippen LogP contribution in [0.4, 0.5) is 4.79 Å². The smallest absolute Gasteiger partial charge is 0.408 e. The molecule has 3 N–H and O–H groups in total. The number of carbonyl (C=O) groups excluding carboxylic acids is 4. The first-order chi connectivity index (χ1) is 29.3. The second-order valence-corrected chi connectivity index (χ2v) is 20.5. The lowest BCUT2D eigenvalue weighted by Crippen LogP contribution is -2.59. The highest BCUT2D eigenvalue weighted by Crippen LogP contribution is 2.46. The van der Waals surface area contributed by atoms with E-state index in [4.69, 9.17) is 35.5 Å². The molecule has 2 aliphatic heterocycles. The number of methoxy groups -OCH3 is 2. The van der Waals surface area contributed by atoms with Gasteiger partial charge in [-0.25, -0.2) is 18.2 Å². The highest BCUT2D eigenvalue weighted by Gasteiger charge is 2.62. The number of aromatic nitrogens is 1. The van der Waals surface area contributed by atoms with Crippen molar-refractivity contribution in [3.8, 4) is 28.6 Å². The third-order valence-corrected chi connectivity index (χ3v) is 14.1. The summed E-state index contributed by atoms with van der Waals surface area (Å²) in [5.74, 6) is -1.40. The van der Waals surface area contributed by atoms with Crippen LogP contribution in [0.15, 0.2) is 54.6 Å². The standard InChI is InChI=1S/C45H56ClN5O10S/c1-25-10-8-9-11-29-23-45(29,42(54)50-62(56,57)32-14-15-32)49-39(52)36-22-31(24-51(36)41(53)38(26(2)18-25)48-43(55)61-44(3,4)5)60-40-33-16-13-30(58-6)19-28(33)21-35(47-40)27-12-17-37(59-7)34(46)20-27/h9,11-13,16-17,19-21,25-26,29,31-32,36,38H,8,10,14-15,18,22-24H2,1-7H3,(H,48,55)(H,49,52)(H,50,54)/b11-9-/t25-,26+,29+,31+,36-,38-,45+/m0/s1. The number of alkyl carbamates (subject to hydrolysis) is 1. The van der Waals surface area contributed by atoms with Crippen LogP contribution in [0.3, 0.4) is 0 Å². The minimum atomic E-state index is -3.94. The highest BCUT2D eigenvalue weighted by molar-refractivity contribution is 7.91. The zero-order chi connectivity index (χ0) is 44.7. The van der Waals surface area contributed by atoms with Crippen LogP contribution in [0.2, 0.25) is 5.02 Å². The Balaban J connectivity index is 1.27. The van der Waals surface area contributed by atoms with E-state index < -0.39 is 74.3 Å². The van der Waals surface area contributed by atoms with Gasteiger partial charge in [-0.1, -0.05) is 37.6 Å². The fourth-order valence-corrected chi connectivity index (χ4v) is 10.1. The van der Waals surface area contributed by atoms with E-state index in [0.29, 0.717) is 58.8 Å². The number of hydrogen-bond acceptors (Lipinski definition) is 11. The van der Waals surface area contributed by atoms with Gasteiger partial charge in [-0.2, -0.15) is 0 Å². The Morgan fingerprint density at radius 3 is 2.44 bits per heavy atom. The molecule has 7 atom stereocenters. The van der Waals surface area contributed by atoms with Crippen molar-refractivity contribution in [1.82, 2.24) is 25.2 Å². The van der Waals surface area contributed by atoms with E-state index in [9.17, 15) is 22.8 Å². The number of sulfonamides is 1. The number of allylic oxidation sites excluding steroid dienone is 1. The van der Waals surface area contributed by atoms with E-state index in [0.717, 1.165) is 11.8 Å². The van der Waals surface area contributed by atoms with Crippen LogP contribution in [0, 0.1) is 17.8 Å². The van der Waals surface area contributed by atoms with Gasteiger partial charge < -0.3 is 34.5 Å². The quantitative estimate of drug-likeness (QED) is 0.204. The number of fused-ring (bicyclic) bond motifs is 3. The lowest BCUT2D eigenvalue weighted by Gasteiger charge is -2.33. The van der Waals surface area contributed by atoms with Crippen LogP contribution >= 0.6 is 11.6 Å². The minimum absolute atomic E-state index is 0.0159. The molecule has 0 unspecified atom stereocenters. The Hall–Kier alpha value is -5.09. The average Bonchev–Trinajstić information content (AvgIpc) is 4.14. The number of rotatable bonds is 9. The maximum atomic E-state index is 15.0. The van der Waals surface area contributed by atoms with E-state index >= 15 is 4.79 Å². The van der Waals surface area contributed by atoms with Crippen LogP contribution < -0.4 is 29.6 Å². The Morgan fingerprint density at radius 2 is 1.76 bits per heavy atom.